The molecule has 0 radical (unpaired) electrons. The van der Waals surface area contributed by atoms with Crippen molar-refractivity contribution in [1.82, 2.24) is 4.90 Å². The molecule has 1 aliphatic heterocycles. The van der Waals surface area contributed by atoms with Crippen LogP contribution in [0.4, 0.5) is 0 Å². The molecule has 1 fully saturated rings. The van der Waals surface area contributed by atoms with Gasteiger partial charge in [-0.05, 0) is 50.5 Å². The molecule has 4 heteroatoms. The summed E-state index contributed by atoms with van der Waals surface area (Å²) in [5, 5.41) is 9.58. The lowest BCUT2D eigenvalue weighted by Crippen LogP contribution is -2.41. The number of benzene rings is 1. The molecule has 21 heavy (non-hydrogen) atoms. The maximum absolute atomic E-state index is 12.0. The van der Waals surface area contributed by atoms with Crippen LogP contribution in [0.2, 0.25) is 0 Å². The summed E-state index contributed by atoms with van der Waals surface area (Å²) in [5.41, 5.74) is 0.956. The minimum atomic E-state index is -0.386. The summed E-state index contributed by atoms with van der Waals surface area (Å²) >= 11 is 0. The molecule has 1 unspecified atom stereocenters. The Morgan fingerprint density at radius 1 is 1.38 bits per heavy atom. The van der Waals surface area contributed by atoms with E-state index in [1.165, 1.54) is 0 Å². The third-order valence-corrected chi connectivity index (χ3v) is 3.38. The largest absolute Gasteiger partial charge is 0.491 e. The van der Waals surface area contributed by atoms with E-state index in [2.05, 4.69) is 0 Å². The van der Waals surface area contributed by atoms with Gasteiger partial charge < -0.3 is 14.7 Å². The van der Waals surface area contributed by atoms with Crippen molar-refractivity contribution in [2.24, 2.45) is 0 Å². The Balaban J connectivity index is 1.92. The number of rotatable bonds is 4. The number of β-amino-alcohol motifs (C(OH)–C–C–N with tert-alkyl or cyclic N) is 1. The minimum Gasteiger partial charge on any atom is -0.491 e. The Kier molecular flexibility index (Phi) is 5.39. The van der Waals surface area contributed by atoms with Crippen molar-refractivity contribution < 1.29 is 14.6 Å². The number of hydrogen-bond donors (Lipinski definition) is 1. The standard InChI is InChI=1S/C17H23NO3/c1-13(2)21-16-8-5-14(6-9-16)7-10-17(20)18-11-3-4-15(19)12-18/h5-10,13,15,19H,3-4,11-12H2,1-2H3. The zero-order valence-corrected chi connectivity index (χ0v) is 12.7. The van der Waals surface area contributed by atoms with Crippen LogP contribution >= 0.6 is 0 Å². The molecule has 2 rings (SSSR count). The molecular formula is C17H23NO3. The van der Waals surface area contributed by atoms with Crippen LogP contribution in [0.5, 0.6) is 5.75 Å². The third kappa shape index (κ3) is 4.90. The van der Waals surface area contributed by atoms with Crippen molar-refractivity contribution in [1.29, 1.82) is 0 Å². The molecule has 1 N–H and O–H groups in total. The van der Waals surface area contributed by atoms with E-state index in [-0.39, 0.29) is 18.1 Å². The minimum absolute atomic E-state index is 0.0451. The number of carbonyl (C=O) groups is 1. The van der Waals surface area contributed by atoms with E-state index in [1.54, 1.807) is 17.1 Å². The van der Waals surface area contributed by atoms with Gasteiger partial charge in [-0.1, -0.05) is 12.1 Å². The van der Waals surface area contributed by atoms with Crippen molar-refractivity contribution in [3.05, 3.63) is 35.9 Å². The molecule has 0 aliphatic carbocycles. The van der Waals surface area contributed by atoms with Gasteiger partial charge in [-0.15, -0.1) is 0 Å². The normalized spacial score (nSPS) is 19.2. The fourth-order valence-electron chi connectivity index (χ4n) is 2.36. The topological polar surface area (TPSA) is 49.8 Å². The van der Waals surface area contributed by atoms with Crippen molar-refractivity contribution in [2.45, 2.75) is 38.9 Å². The fourth-order valence-corrected chi connectivity index (χ4v) is 2.36. The quantitative estimate of drug-likeness (QED) is 0.866. The summed E-state index contributed by atoms with van der Waals surface area (Å²) in [6.45, 7) is 5.13. The predicted molar refractivity (Wildman–Crippen MR) is 83.1 cm³/mol. The first-order chi connectivity index (χ1) is 10.0. The second kappa shape index (κ2) is 7.27. The average Bonchev–Trinajstić information content (AvgIpc) is 2.45. The Bertz CT molecular complexity index is 493. The number of likely N-dealkylation sites (tertiary alicyclic amines) is 1. The molecule has 1 saturated heterocycles. The van der Waals surface area contributed by atoms with E-state index in [0.29, 0.717) is 6.54 Å². The molecule has 0 spiro atoms. The van der Waals surface area contributed by atoms with E-state index in [9.17, 15) is 9.90 Å². The smallest absolute Gasteiger partial charge is 0.246 e. The van der Waals surface area contributed by atoms with Crippen molar-refractivity contribution in [3.8, 4) is 5.75 Å². The zero-order valence-electron chi connectivity index (χ0n) is 12.7. The van der Waals surface area contributed by atoms with Crippen LogP contribution in [0.3, 0.4) is 0 Å². The van der Waals surface area contributed by atoms with E-state index in [0.717, 1.165) is 30.7 Å². The molecule has 4 nitrogen and oxygen atoms in total. The fraction of sp³-hybridized carbons (Fsp3) is 0.471. The lowest BCUT2D eigenvalue weighted by molar-refractivity contribution is -0.128. The van der Waals surface area contributed by atoms with Gasteiger partial charge in [-0.3, -0.25) is 4.79 Å². The van der Waals surface area contributed by atoms with Gasteiger partial charge >= 0.3 is 0 Å². The maximum atomic E-state index is 12.0. The SMILES string of the molecule is CC(C)Oc1ccc(C=CC(=O)N2CCCC(O)C2)cc1. The molecule has 0 aromatic heterocycles. The summed E-state index contributed by atoms with van der Waals surface area (Å²) in [6, 6.07) is 7.64. The highest BCUT2D eigenvalue weighted by Crippen LogP contribution is 2.15. The second-order valence-corrected chi connectivity index (χ2v) is 5.65. The van der Waals surface area contributed by atoms with Gasteiger partial charge in [-0.25, -0.2) is 0 Å². The lowest BCUT2D eigenvalue weighted by Gasteiger charge is -2.29. The zero-order chi connectivity index (χ0) is 15.2. The van der Waals surface area contributed by atoms with Crippen molar-refractivity contribution in [3.63, 3.8) is 0 Å². The Hall–Kier alpha value is -1.81. The van der Waals surface area contributed by atoms with E-state index >= 15 is 0 Å². The van der Waals surface area contributed by atoms with Gasteiger partial charge in [0, 0.05) is 19.2 Å². The number of aliphatic hydroxyl groups excluding tert-OH is 1. The molecule has 1 heterocycles. The third-order valence-electron chi connectivity index (χ3n) is 3.38. The van der Waals surface area contributed by atoms with Gasteiger partial charge in [0.15, 0.2) is 0 Å². The summed E-state index contributed by atoms with van der Waals surface area (Å²) in [4.78, 5) is 13.7. The molecule has 0 saturated carbocycles. The first-order valence-electron chi connectivity index (χ1n) is 7.46. The van der Waals surface area contributed by atoms with Gasteiger partial charge in [-0.2, -0.15) is 0 Å². The maximum Gasteiger partial charge on any atom is 0.246 e. The van der Waals surface area contributed by atoms with Gasteiger partial charge in [0.25, 0.3) is 0 Å². The summed E-state index contributed by atoms with van der Waals surface area (Å²) in [7, 11) is 0. The molecule has 1 aromatic carbocycles. The predicted octanol–water partition coefficient (Wildman–Crippen LogP) is 2.47. The van der Waals surface area contributed by atoms with Crippen LogP contribution in [-0.2, 0) is 4.79 Å². The molecule has 1 aliphatic rings. The van der Waals surface area contributed by atoms with E-state index < -0.39 is 0 Å². The number of piperidine rings is 1. The Morgan fingerprint density at radius 3 is 2.71 bits per heavy atom. The van der Waals surface area contributed by atoms with Gasteiger partial charge in [0.05, 0.1) is 12.2 Å². The van der Waals surface area contributed by atoms with Crippen LogP contribution in [0, 0.1) is 0 Å². The number of ether oxygens (including phenoxy) is 1. The first-order valence-corrected chi connectivity index (χ1v) is 7.46. The van der Waals surface area contributed by atoms with Crippen molar-refractivity contribution >= 4 is 12.0 Å². The Labute approximate surface area is 126 Å². The van der Waals surface area contributed by atoms with Crippen LogP contribution in [0.25, 0.3) is 6.08 Å². The van der Waals surface area contributed by atoms with E-state index in [4.69, 9.17) is 4.74 Å². The number of aliphatic hydroxyl groups is 1. The summed E-state index contributed by atoms with van der Waals surface area (Å²) in [6.07, 6.45) is 4.77. The number of nitrogens with zero attached hydrogens (tertiary/aromatic N) is 1. The molecule has 1 aromatic rings. The number of hydrogen-bond acceptors (Lipinski definition) is 3. The molecule has 1 atom stereocenters. The van der Waals surface area contributed by atoms with Crippen LogP contribution < -0.4 is 4.74 Å². The number of carbonyl (C=O) groups excluding carboxylic acids is 1. The van der Waals surface area contributed by atoms with Gasteiger partial charge in [0.2, 0.25) is 5.91 Å². The highest BCUT2D eigenvalue weighted by molar-refractivity contribution is 5.91. The van der Waals surface area contributed by atoms with Crippen LogP contribution in [0.1, 0.15) is 32.3 Å². The van der Waals surface area contributed by atoms with Crippen LogP contribution in [-0.4, -0.2) is 41.2 Å². The van der Waals surface area contributed by atoms with Gasteiger partial charge in [0.1, 0.15) is 5.75 Å². The monoisotopic (exact) mass is 289 g/mol. The van der Waals surface area contributed by atoms with Crippen molar-refractivity contribution in [2.75, 3.05) is 13.1 Å². The molecule has 1 amide bonds. The Morgan fingerprint density at radius 2 is 2.10 bits per heavy atom. The highest BCUT2D eigenvalue weighted by Gasteiger charge is 2.20. The van der Waals surface area contributed by atoms with Crippen LogP contribution in [0.15, 0.2) is 30.3 Å². The molecular weight excluding hydrogens is 266 g/mol. The number of amides is 1. The van der Waals surface area contributed by atoms with E-state index in [1.807, 2.05) is 38.1 Å². The molecule has 114 valence electrons. The average molecular weight is 289 g/mol. The highest BCUT2D eigenvalue weighted by atomic mass is 16.5. The molecule has 0 bridgehead atoms. The summed E-state index contributed by atoms with van der Waals surface area (Å²) < 4.78 is 5.57. The lowest BCUT2D eigenvalue weighted by atomic mass is 10.1. The second-order valence-electron chi connectivity index (χ2n) is 5.65. The first kappa shape index (κ1) is 15.6. The summed E-state index contributed by atoms with van der Waals surface area (Å²) in [5.74, 6) is 0.781.